The van der Waals surface area contributed by atoms with Crippen molar-refractivity contribution in [1.82, 2.24) is 5.32 Å². The Hall–Kier alpha value is -1.92. The predicted molar refractivity (Wildman–Crippen MR) is 116 cm³/mol. The van der Waals surface area contributed by atoms with E-state index in [0.29, 0.717) is 23.9 Å². The molecule has 0 aromatic heterocycles. The Bertz CT molecular complexity index is 728. The van der Waals surface area contributed by atoms with Gasteiger partial charge in [-0.1, -0.05) is 36.8 Å². The van der Waals surface area contributed by atoms with Gasteiger partial charge < -0.3 is 15.3 Å². The van der Waals surface area contributed by atoms with E-state index in [-0.39, 0.29) is 0 Å². The Balaban J connectivity index is 1.36. The second-order valence-electron chi connectivity index (χ2n) is 8.13. The lowest BCUT2D eigenvalue weighted by atomic mass is 9.83. The highest BCUT2D eigenvalue weighted by molar-refractivity contribution is 5.45. The van der Waals surface area contributed by atoms with Crippen LogP contribution in [0, 0.1) is 11.1 Å². The first-order valence-corrected chi connectivity index (χ1v) is 10.8. The van der Waals surface area contributed by atoms with Gasteiger partial charge in [-0.2, -0.15) is 5.23 Å². The van der Waals surface area contributed by atoms with Crippen molar-refractivity contribution in [2.24, 2.45) is 5.92 Å². The largest absolute Gasteiger partial charge is 0.595 e. The highest BCUT2D eigenvalue weighted by Crippen LogP contribution is 2.28. The van der Waals surface area contributed by atoms with E-state index in [1.54, 1.807) is 19.2 Å². The van der Waals surface area contributed by atoms with E-state index >= 15 is 0 Å². The van der Waals surface area contributed by atoms with E-state index in [2.05, 4.69) is 35.6 Å². The normalized spacial score (nSPS) is 20.4. The molecular formula is C24H34N2O3. The summed E-state index contributed by atoms with van der Waals surface area (Å²) in [5, 5.41) is 23.6. The molecule has 5 nitrogen and oxygen atoms in total. The molecule has 0 bridgehead atoms. The zero-order chi connectivity index (χ0) is 20.5. The number of nitrogens with one attached hydrogen (secondary N) is 2. The molecule has 1 fully saturated rings. The van der Waals surface area contributed by atoms with Crippen molar-refractivity contribution >= 4 is 5.69 Å². The maximum absolute atomic E-state index is 11.4. The zero-order valence-corrected chi connectivity index (χ0v) is 17.4. The molecule has 3 rings (SSSR count). The molecule has 0 heterocycles. The van der Waals surface area contributed by atoms with Gasteiger partial charge in [0.05, 0.1) is 7.11 Å². The monoisotopic (exact) mass is 398 g/mol. The topological polar surface area (TPSA) is 69.0 Å². The molecule has 2 aromatic rings. The van der Waals surface area contributed by atoms with Gasteiger partial charge in [-0.25, -0.2) is 5.21 Å². The third-order valence-corrected chi connectivity index (χ3v) is 6.14. The molecule has 1 atom stereocenters. The first-order valence-electron chi connectivity index (χ1n) is 10.8. The van der Waals surface area contributed by atoms with E-state index in [1.165, 1.54) is 50.5 Å². The molecule has 0 saturated heterocycles. The van der Waals surface area contributed by atoms with Crippen molar-refractivity contribution in [2.45, 2.75) is 57.4 Å². The summed E-state index contributed by atoms with van der Waals surface area (Å²) >= 11 is 0. The molecule has 1 saturated carbocycles. The molecule has 0 spiro atoms. The van der Waals surface area contributed by atoms with Gasteiger partial charge in [-0.15, -0.1) is 0 Å². The molecule has 1 aliphatic rings. The van der Waals surface area contributed by atoms with Crippen LogP contribution in [-0.2, 0) is 12.8 Å². The Labute approximate surface area is 174 Å². The molecule has 158 valence electrons. The van der Waals surface area contributed by atoms with Crippen molar-refractivity contribution < 1.29 is 15.2 Å². The van der Waals surface area contributed by atoms with Gasteiger partial charge in [-0.3, -0.25) is 0 Å². The van der Waals surface area contributed by atoms with Crippen LogP contribution in [-0.4, -0.2) is 24.9 Å². The highest BCUT2D eigenvalue weighted by atomic mass is 16.8. The fraction of sp³-hybridized carbons (Fsp3) is 0.500. The minimum atomic E-state index is -0.876. The van der Waals surface area contributed by atoms with Crippen molar-refractivity contribution in [3.8, 4) is 5.75 Å². The van der Waals surface area contributed by atoms with E-state index in [1.807, 2.05) is 6.07 Å². The van der Waals surface area contributed by atoms with Gasteiger partial charge in [0.15, 0.2) is 5.69 Å². The number of quaternary nitrogens is 1. The number of rotatable bonds is 10. The fourth-order valence-electron chi connectivity index (χ4n) is 4.42. The van der Waals surface area contributed by atoms with Gasteiger partial charge in [0.2, 0.25) is 0 Å². The van der Waals surface area contributed by atoms with E-state index in [0.717, 1.165) is 18.0 Å². The lowest BCUT2D eigenvalue weighted by molar-refractivity contribution is -0.991. The molecule has 3 N–H and O–H groups in total. The zero-order valence-electron chi connectivity index (χ0n) is 17.4. The molecule has 0 amide bonds. The Morgan fingerprint density at radius 1 is 1.07 bits per heavy atom. The maximum Gasteiger partial charge on any atom is 0.167 e. The number of hydrogen-bond acceptors (Lipinski definition) is 4. The van der Waals surface area contributed by atoms with E-state index in [4.69, 9.17) is 4.74 Å². The fourth-order valence-corrected chi connectivity index (χ4v) is 4.42. The second-order valence-corrected chi connectivity index (χ2v) is 8.13. The molecule has 0 aliphatic heterocycles. The summed E-state index contributed by atoms with van der Waals surface area (Å²) in [6.07, 6.45) is 9.53. The molecule has 1 aliphatic carbocycles. The minimum absolute atomic E-state index is 0.370. The summed E-state index contributed by atoms with van der Waals surface area (Å²) in [5.41, 5.74) is 2.65. The first-order chi connectivity index (χ1) is 14.2. The molecular weight excluding hydrogens is 364 g/mol. The molecule has 5 heteroatoms. The van der Waals surface area contributed by atoms with E-state index < -0.39 is 5.23 Å². The average molecular weight is 399 g/mol. The standard InChI is InChI=1S/C24H34N2O3/c1-29-23-14-15-24(26(27)28)21(18-23)16-17-25-22-12-10-20(11-13-22)9-5-8-19-6-3-2-4-7-19/h2-4,6-7,14-15,18,20,22,25-27H,5,8-13,16-17H2,1H3. The average Bonchev–Trinajstić information content (AvgIpc) is 2.75. The summed E-state index contributed by atoms with van der Waals surface area (Å²) in [6, 6.07) is 16.5. The molecule has 0 radical (unpaired) electrons. The van der Waals surface area contributed by atoms with Gasteiger partial charge in [-0.05, 0) is 75.1 Å². The third kappa shape index (κ3) is 6.82. The summed E-state index contributed by atoms with van der Waals surface area (Å²) < 4.78 is 5.24. The lowest BCUT2D eigenvalue weighted by Crippen LogP contribution is -2.99. The van der Waals surface area contributed by atoms with Crippen LogP contribution in [0.2, 0.25) is 0 Å². The summed E-state index contributed by atoms with van der Waals surface area (Å²) in [6.45, 7) is 0.802. The highest BCUT2D eigenvalue weighted by Gasteiger charge is 2.20. The summed E-state index contributed by atoms with van der Waals surface area (Å²) in [4.78, 5) is 0. The number of ether oxygens (including phenoxy) is 1. The van der Waals surface area contributed by atoms with Gasteiger partial charge in [0.25, 0.3) is 0 Å². The first kappa shape index (κ1) is 21.8. The predicted octanol–water partition coefficient (Wildman–Crippen LogP) is 3.81. The van der Waals surface area contributed by atoms with Gasteiger partial charge in [0.1, 0.15) is 5.75 Å². The molecule has 2 aromatic carbocycles. The van der Waals surface area contributed by atoms with Crippen molar-refractivity contribution in [2.75, 3.05) is 13.7 Å². The van der Waals surface area contributed by atoms with Gasteiger partial charge in [0, 0.05) is 17.7 Å². The SMILES string of the molecule is COc1ccc([NH+]([O-])O)c(CCNC2CCC(CCCc3ccccc3)CC2)c1. The maximum atomic E-state index is 11.4. The van der Waals surface area contributed by atoms with Crippen LogP contribution in [0.3, 0.4) is 0 Å². The molecule has 1 unspecified atom stereocenters. The Morgan fingerprint density at radius 2 is 1.83 bits per heavy atom. The minimum Gasteiger partial charge on any atom is -0.595 e. The van der Waals surface area contributed by atoms with Crippen LogP contribution in [0.1, 0.15) is 49.7 Å². The quantitative estimate of drug-likeness (QED) is 0.532. The van der Waals surface area contributed by atoms with Crippen LogP contribution in [0.4, 0.5) is 5.69 Å². The third-order valence-electron chi connectivity index (χ3n) is 6.14. The number of hydrogen-bond donors (Lipinski definition) is 3. The lowest BCUT2D eigenvalue weighted by Gasteiger charge is -2.29. The number of benzene rings is 2. The Morgan fingerprint density at radius 3 is 2.52 bits per heavy atom. The van der Waals surface area contributed by atoms with Crippen molar-refractivity contribution in [1.29, 1.82) is 0 Å². The second kappa shape index (κ2) is 11.3. The van der Waals surface area contributed by atoms with Crippen molar-refractivity contribution in [3.63, 3.8) is 0 Å². The summed E-state index contributed by atoms with van der Waals surface area (Å²) in [5.74, 6) is 1.56. The van der Waals surface area contributed by atoms with Gasteiger partial charge >= 0.3 is 0 Å². The molecule has 29 heavy (non-hydrogen) atoms. The van der Waals surface area contributed by atoms with Crippen molar-refractivity contribution in [3.05, 3.63) is 64.9 Å². The van der Waals surface area contributed by atoms with Crippen LogP contribution in [0.25, 0.3) is 0 Å². The van der Waals surface area contributed by atoms with Crippen LogP contribution in [0.15, 0.2) is 48.5 Å². The Kier molecular flexibility index (Phi) is 8.50. The number of aryl methyl sites for hydroxylation is 1. The van der Waals surface area contributed by atoms with Crippen LogP contribution >= 0.6 is 0 Å². The van der Waals surface area contributed by atoms with E-state index in [9.17, 15) is 10.4 Å². The smallest absolute Gasteiger partial charge is 0.167 e. The van der Waals surface area contributed by atoms with Crippen LogP contribution < -0.4 is 15.3 Å². The number of methoxy groups -OCH3 is 1. The summed E-state index contributed by atoms with van der Waals surface area (Å²) in [7, 11) is 1.61. The van der Waals surface area contributed by atoms with Crippen LogP contribution in [0.5, 0.6) is 5.75 Å².